The van der Waals surface area contributed by atoms with Gasteiger partial charge in [0.05, 0.1) is 22.3 Å². The van der Waals surface area contributed by atoms with Crippen LogP contribution in [0.15, 0.2) is 48.0 Å². The highest BCUT2D eigenvalue weighted by atomic mass is 32.1. The lowest BCUT2D eigenvalue weighted by Crippen LogP contribution is -2.00. The van der Waals surface area contributed by atoms with Crippen molar-refractivity contribution >= 4 is 33.7 Å². The van der Waals surface area contributed by atoms with Crippen LogP contribution in [0, 0.1) is 5.82 Å². The first-order chi connectivity index (χ1) is 11.1. The van der Waals surface area contributed by atoms with Crippen molar-refractivity contribution in [2.45, 2.75) is 6.42 Å². The van der Waals surface area contributed by atoms with E-state index in [1.807, 2.05) is 21.9 Å². The average molecular weight is 326 g/mol. The number of benzene rings is 1. The number of carboxylic acids is 1. The van der Waals surface area contributed by atoms with Crippen LogP contribution in [0.3, 0.4) is 0 Å². The number of hydrogen-bond donors (Lipinski definition) is 1. The van der Waals surface area contributed by atoms with Crippen molar-refractivity contribution < 1.29 is 14.3 Å². The second-order valence-electron chi connectivity index (χ2n) is 5.18. The van der Waals surface area contributed by atoms with E-state index in [0.29, 0.717) is 10.9 Å². The first-order valence-corrected chi connectivity index (χ1v) is 7.86. The van der Waals surface area contributed by atoms with Gasteiger partial charge in [0.1, 0.15) is 5.82 Å². The maximum Gasteiger partial charge on any atom is 0.307 e. The maximum absolute atomic E-state index is 13.7. The Morgan fingerprint density at radius 2 is 2.13 bits per heavy atom. The van der Waals surface area contributed by atoms with Crippen LogP contribution in [0.25, 0.3) is 27.1 Å². The molecule has 0 aliphatic rings. The summed E-state index contributed by atoms with van der Waals surface area (Å²) in [7, 11) is 0. The van der Waals surface area contributed by atoms with Crippen LogP contribution in [0.4, 0.5) is 4.39 Å². The van der Waals surface area contributed by atoms with Crippen LogP contribution in [0.1, 0.15) is 5.56 Å². The molecule has 4 rings (SSSR count). The van der Waals surface area contributed by atoms with Gasteiger partial charge in [0.15, 0.2) is 5.82 Å². The summed E-state index contributed by atoms with van der Waals surface area (Å²) in [5.74, 6) is -0.602. The fraction of sp³-hybridized carbons (Fsp3) is 0.0588. The van der Waals surface area contributed by atoms with Crippen molar-refractivity contribution in [3.63, 3.8) is 0 Å². The molecule has 114 valence electrons. The van der Waals surface area contributed by atoms with E-state index in [-0.39, 0.29) is 12.2 Å². The van der Waals surface area contributed by atoms with Gasteiger partial charge in [0.25, 0.3) is 0 Å². The van der Waals surface area contributed by atoms with E-state index in [0.717, 1.165) is 21.7 Å². The minimum absolute atomic E-state index is 0.162. The molecule has 0 bridgehead atoms. The highest BCUT2D eigenvalue weighted by Crippen LogP contribution is 2.32. The predicted molar refractivity (Wildman–Crippen MR) is 87.3 cm³/mol. The molecule has 0 amide bonds. The third-order valence-electron chi connectivity index (χ3n) is 3.79. The molecule has 0 unspecified atom stereocenters. The summed E-state index contributed by atoms with van der Waals surface area (Å²) in [5.41, 5.74) is 2.10. The monoisotopic (exact) mass is 326 g/mol. The fourth-order valence-corrected chi connectivity index (χ4v) is 3.61. The number of hydrogen-bond acceptors (Lipinski definition) is 3. The summed E-state index contributed by atoms with van der Waals surface area (Å²) < 4.78 is 15.6. The second-order valence-corrected chi connectivity index (χ2v) is 6.12. The standard InChI is InChI=1S/C17H11FN2O2S/c18-10-3-4-13-11(8-10)12(9-16(21)22)14-5-6-19-17(20(13)14)15-2-1-7-23-15/h1-8H,9H2,(H,21,22). The molecule has 6 heteroatoms. The lowest BCUT2D eigenvalue weighted by atomic mass is 10.1. The van der Waals surface area contributed by atoms with Gasteiger partial charge in [-0.05, 0) is 41.3 Å². The molecule has 0 saturated carbocycles. The van der Waals surface area contributed by atoms with E-state index in [9.17, 15) is 14.3 Å². The van der Waals surface area contributed by atoms with Gasteiger partial charge in [-0.25, -0.2) is 9.37 Å². The number of rotatable bonds is 3. The van der Waals surface area contributed by atoms with Crippen LogP contribution in [-0.2, 0) is 11.2 Å². The van der Waals surface area contributed by atoms with Crippen LogP contribution >= 0.6 is 11.3 Å². The molecule has 0 fully saturated rings. The Morgan fingerprint density at radius 3 is 2.87 bits per heavy atom. The molecule has 1 N–H and O–H groups in total. The van der Waals surface area contributed by atoms with E-state index in [1.165, 1.54) is 12.1 Å². The zero-order valence-electron chi connectivity index (χ0n) is 11.9. The van der Waals surface area contributed by atoms with E-state index in [1.54, 1.807) is 29.7 Å². The fourth-order valence-electron chi connectivity index (χ4n) is 2.90. The quantitative estimate of drug-likeness (QED) is 0.619. The maximum atomic E-state index is 13.7. The van der Waals surface area contributed by atoms with Gasteiger partial charge >= 0.3 is 5.97 Å². The molecule has 0 saturated heterocycles. The molecule has 3 aromatic heterocycles. The Labute approximate surface area is 134 Å². The number of thiophene rings is 1. The van der Waals surface area contributed by atoms with Crippen molar-refractivity contribution in [2.75, 3.05) is 0 Å². The molecule has 4 nitrogen and oxygen atoms in total. The molecular formula is C17H11FN2O2S. The highest BCUT2D eigenvalue weighted by molar-refractivity contribution is 7.13. The Hall–Kier alpha value is -2.73. The van der Waals surface area contributed by atoms with E-state index >= 15 is 0 Å². The molecular weight excluding hydrogens is 315 g/mol. The minimum Gasteiger partial charge on any atom is -0.481 e. The number of aromatic nitrogens is 2. The largest absolute Gasteiger partial charge is 0.481 e. The lowest BCUT2D eigenvalue weighted by Gasteiger charge is -2.04. The third-order valence-corrected chi connectivity index (χ3v) is 4.65. The Bertz CT molecular complexity index is 1040. The Morgan fingerprint density at radius 1 is 1.26 bits per heavy atom. The van der Waals surface area contributed by atoms with Crippen molar-refractivity contribution in [3.8, 4) is 10.7 Å². The molecule has 3 heterocycles. The van der Waals surface area contributed by atoms with Gasteiger partial charge in [-0.2, -0.15) is 0 Å². The van der Waals surface area contributed by atoms with Gasteiger partial charge in [-0.15, -0.1) is 11.3 Å². The molecule has 0 aliphatic heterocycles. The minimum atomic E-state index is -0.946. The number of fused-ring (bicyclic) bond motifs is 3. The zero-order valence-corrected chi connectivity index (χ0v) is 12.7. The molecule has 4 aromatic rings. The summed E-state index contributed by atoms with van der Waals surface area (Å²) in [6.45, 7) is 0. The number of nitrogens with zero attached hydrogens (tertiary/aromatic N) is 2. The molecule has 0 spiro atoms. The van der Waals surface area contributed by atoms with E-state index in [4.69, 9.17) is 0 Å². The Kier molecular flexibility index (Phi) is 3.12. The van der Waals surface area contributed by atoms with Gasteiger partial charge < -0.3 is 5.11 Å². The van der Waals surface area contributed by atoms with Crippen LogP contribution < -0.4 is 0 Å². The van der Waals surface area contributed by atoms with Crippen molar-refractivity contribution in [3.05, 3.63) is 59.4 Å². The summed E-state index contributed by atoms with van der Waals surface area (Å²) in [5, 5.41) is 11.8. The molecule has 0 atom stereocenters. The molecule has 23 heavy (non-hydrogen) atoms. The molecule has 0 radical (unpaired) electrons. The summed E-state index contributed by atoms with van der Waals surface area (Å²) in [6.07, 6.45) is 1.50. The van der Waals surface area contributed by atoms with Crippen molar-refractivity contribution in [1.82, 2.24) is 9.38 Å². The summed E-state index contributed by atoms with van der Waals surface area (Å²) in [4.78, 5) is 16.7. The SMILES string of the molecule is O=C(O)Cc1c2cc(F)ccc2n2c(-c3cccs3)nccc12. The predicted octanol–water partition coefficient (Wildman–Crippen LogP) is 3.98. The van der Waals surface area contributed by atoms with Gasteiger partial charge in [0, 0.05) is 11.6 Å². The normalized spacial score (nSPS) is 11.3. The molecule has 0 aliphatic carbocycles. The van der Waals surface area contributed by atoms with Crippen LogP contribution in [0.5, 0.6) is 0 Å². The number of aliphatic carboxylic acids is 1. The third kappa shape index (κ3) is 2.19. The van der Waals surface area contributed by atoms with E-state index < -0.39 is 5.97 Å². The van der Waals surface area contributed by atoms with E-state index in [2.05, 4.69) is 4.98 Å². The van der Waals surface area contributed by atoms with Crippen LogP contribution in [0.2, 0.25) is 0 Å². The number of halogens is 1. The van der Waals surface area contributed by atoms with Crippen molar-refractivity contribution in [2.24, 2.45) is 0 Å². The smallest absolute Gasteiger partial charge is 0.307 e. The van der Waals surface area contributed by atoms with Crippen molar-refractivity contribution in [1.29, 1.82) is 0 Å². The highest BCUT2D eigenvalue weighted by Gasteiger charge is 2.18. The van der Waals surface area contributed by atoms with Gasteiger partial charge in [-0.1, -0.05) is 6.07 Å². The molecule has 1 aromatic carbocycles. The zero-order chi connectivity index (χ0) is 16.0. The van der Waals surface area contributed by atoms with Gasteiger partial charge in [-0.3, -0.25) is 9.20 Å². The Balaban J connectivity index is 2.16. The summed E-state index contributed by atoms with van der Waals surface area (Å²) in [6, 6.07) is 10.1. The van der Waals surface area contributed by atoms with Gasteiger partial charge in [0.2, 0.25) is 0 Å². The average Bonchev–Trinajstić information content (AvgIpc) is 3.14. The second kappa shape index (κ2) is 5.17. The summed E-state index contributed by atoms with van der Waals surface area (Å²) >= 11 is 1.55. The van der Waals surface area contributed by atoms with Crippen LogP contribution in [-0.4, -0.2) is 20.5 Å². The first kappa shape index (κ1) is 13.9. The lowest BCUT2D eigenvalue weighted by molar-refractivity contribution is -0.136. The number of carbonyl (C=O) groups is 1. The number of carboxylic acid groups (broad SMARTS) is 1. The first-order valence-electron chi connectivity index (χ1n) is 6.98. The topological polar surface area (TPSA) is 54.6 Å².